The molecule has 0 radical (unpaired) electrons. The SMILES string of the molecule is Clc1ccccc1-c1cc(N(CCCN2CCCCCC2)Cc2cccc3ccccc23)on1. The third kappa shape index (κ3) is 5.45. The molecule has 0 N–H and O–H groups in total. The van der Waals surface area contributed by atoms with E-state index in [4.69, 9.17) is 16.1 Å². The number of halogens is 1. The Kier molecular flexibility index (Phi) is 7.47. The van der Waals surface area contributed by atoms with Crippen LogP contribution in [0.4, 0.5) is 5.88 Å². The third-order valence-corrected chi connectivity index (χ3v) is 7.13. The fourth-order valence-corrected chi connectivity index (χ4v) is 5.19. The Morgan fingerprint density at radius 3 is 2.50 bits per heavy atom. The number of likely N-dealkylation sites (tertiary alicyclic amines) is 1. The van der Waals surface area contributed by atoms with E-state index in [-0.39, 0.29) is 0 Å². The molecule has 1 aliphatic rings. The number of benzene rings is 3. The second-order valence-corrected chi connectivity index (χ2v) is 9.61. The van der Waals surface area contributed by atoms with Gasteiger partial charge in [0.25, 0.3) is 0 Å². The molecular formula is C29H32ClN3O. The number of nitrogens with zero attached hydrogens (tertiary/aromatic N) is 3. The standard InChI is InChI=1S/C29H32ClN3O/c30-27-16-6-5-15-26(27)28-21-29(34-31-28)33(20-10-19-32-17-7-1-2-8-18-32)22-24-13-9-12-23-11-3-4-14-25(23)24/h3-6,9,11-16,21H,1-2,7-8,10,17-20,22H2. The monoisotopic (exact) mass is 473 g/mol. The molecule has 0 amide bonds. The smallest absolute Gasteiger partial charge is 0.228 e. The molecule has 4 nitrogen and oxygen atoms in total. The Morgan fingerprint density at radius 1 is 0.882 bits per heavy atom. The average molecular weight is 474 g/mol. The van der Waals surface area contributed by atoms with Crippen LogP contribution in [0.2, 0.25) is 5.02 Å². The van der Waals surface area contributed by atoms with Gasteiger partial charge < -0.3 is 14.3 Å². The van der Waals surface area contributed by atoms with Crippen molar-refractivity contribution in [3.8, 4) is 11.3 Å². The van der Waals surface area contributed by atoms with E-state index in [2.05, 4.69) is 57.4 Å². The second-order valence-electron chi connectivity index (χ2n) is 9.20. The van der Waals surface area contributed by atoms with Crippen LogP contribution in [0.1, 0.15) is 37.7 Å². The number of hydrogen-bond acceptors (Lipinski definition) is 4. The van der Waals surface area contributed by atoms with Crippen molar-refractivity contribution in [2.24, 2.45) is 0 Å². The molecule has 5 heteroatoms. The Hall–Kier alpha value is -2.82. The van der Waals surface area contributed by atoms with Gasteiger partial charge in [0.05, 0.1) is 5.02 Å². The van der Waals surface area contributed by atoms with Crippen LogP contribution < -0.4 is 4.90 Å². The molecule has 1 aromatic heterocycles. The van der Waals surface area contributed by atoms with Crippen LogP contribution in [0.25, 0.3) is 22.0 Å². The Bertz CT molecular complexity index is 1210. The van der Waals surface area contributed by atoms with E-state index >= 15 is 0 Å². The Morgan fingerprint density at radius 2 is 1.65 bits per heavy atom. The molecule has 2 heterocycles. The van der Waals surface area contributed by atoms with E-state index in [0.717, 1.165) is 43.2 Å². The van der Waals surface area contributed by atoms with Crippen molar-refractivity contribution in [1.82, 2.24) is 10.1 Å². The lowest BCUT2D eigenvalue weighted by atomic mass is 10.0. The highest BCUT2D eigenvalue weighted by molar-refractivity contribution is 6.33. The molecule has 1 fully saturated rings. The molecule has 1 aliphatic heterocycles. The second kappa shape index (κ2) is 11.1. The van der Waals surface area contributed by atoms with Gasteiger partial charge in [0.1, 0.15) is 5.69 Å². The minimum atomic E-state index is 0.684. The van der Waals surface area contributed by atoms with Crippen molar-refractivity contribution in [3.63, 3.8) is 0 Å². The van der Waals surface area contributed by atoms with Crippen LogP contribution in [-0.4, -0.2) is 36.2 Å². The summed E-state index contributed by atoms with van der Waals surface area (Å²) in [5, 5.41) is 7.60. The maximum Gasteiger partial charge on any atom is 0.228 e. The molecule has 0 atom stereocenters. The van der Waals surface area contributed by atoms with Crippen molar-refractivity contribution in [3.05, 3.63) is 83.4 Å². The Balaban J connectivity index is 1.38. The fourth-order valence-electron chi connectivity index (χ4n) is 4.96. The summed E-state index contributed by atoms with van der Waals surface area (Å²) in [7, 11) is 0. The van der Waals surface area contributed by atoms with Crippen LogP contribution in [0.15, 0.2) is 77.3 Å². The third-order valence-electron chi connectivity index (χ3n) is 6.80. The minimum Gasteiger partial charge on any atom is -0.338 e. The predicted octanol–water partition coefficient (Wildman–Crippen LogP) is 7.42. The zero-order chi connectivity index (χ0) is 23.2. The number of anilines is 1. The van der Waals surface area contributed by atoms with Gasteiger partial charge in [0, 0.05) is 24.7 Å². The van der Waals surface area contributed by atoms with E-state index in [1.807, 2.05) is 30.3 Å². The predicted molar refractivity (Wildman–Crippen MR) is 141 cm³/mol. The highest BCUT2D eigenvalue weighted by Gasteiger charge is 2.17. The van der Waals surface area contributed by atoms with Gasteiger partial charge in [-0.05, 0) is 61.3 Å². The highest BCUT2D eigenvalue weighted by Crippen LogP contribution is 2.31. The molecular weight excluding hydrogens is 442 g/mol. The summed E-state index contributed by atoms with van der Waals surface area (Å²) in [6, 6.07) is 24.9. The zero-order valence-corrected chi connectivity index (χ0v) is 20.4. The summed E-state index contributed by atoms with van der Waals surface area (Å²) in [6.07, 6.45) is 6.47. The van der Waals surface area contributed by atoms with Crippen LogP contribution in [0.3, 0.4) is 0 Å². The van der Waals surface area contributed by atoms with Gasteiger partial charge in [0.2, 0.25) is 5.88 Å². The maximum absolute atomic E-state index is 6.42. The van der Waals surface area contributed by atoms with Gasteiger partial charge in [0.15, 0.2) is 0 Å². The van der Waals surface area contributed by atoms with Gasteiger partial charge in [-0.1, -0.05) is 90.3 Å². The first kappa shape index (κ1) is 22.9. The summed E-state index contributed by atoms with van der Waals surface area (Å²) < 4.78 is 5.89. The first-order chi connectivity index (χ1) is 16.8. The van der Waals surface area contributed by atoms with E-state index < -0.39 is 0 Å². The largest absolute Gasteiger partial charge is 0.338 e. The number of aromatic nitrogens is 1. The van der Waals surface area contributed by atoms with Crippen LogP contribution >= 0.6 is 11.6 Å². The number of fused-ring (bicyclic) bond motifs is 1. The normalized spacial score (nSPS) is 14.9. The van der Waals surface area contributed by atoms with Crippen molar-refractivity contribution in [1.29, 1.82) is 0 Å². The fraction of sp³-hybridized carbons (Fsp3) is 0.345. The van der Waals surface area contributed by atoms with E-state index in [0.29, 0.717) is 5.02 Å². The lowest BCUT2D eigenvalue weighted by Gasteiger charge is -2.25. The van der Waals surface area contributed by atoms with Crippen molar-refractivity contribution >= 4 is 28.3 Å². The zero-order valence-electron chi connectivity index (χ0n) is 19.6. The summed E-state index contributed by atoms with van der Waals surface area (Å²) in [5.41, 5.74) is 2.97. The first-order valence-corrected chi connectivity index (χ1v) is 12.8. The number of rotatable bonds is 8. The molecule has 176 valence electrons. The van der Waals surface area contributed by atoms with Crippen LogP contribution in [0, 0.1) is 0 Å². The van der Waals surface area contributed by atoms with Crippen molar-refractivity contribution in [2.45, 2.75) is 38.6 Å². The molecule has 0 aliphatic carbocycles. The Labute approximate surface area is 207 Å². The van der Waals surface area contributed by atoms with E-state index in [1.54, 1.807) is 0 Å². The summed E-state index contributed by atoms with van der Waals surface area (Å²) in [6.45, 7) is 5.26. The molecule has 0 unspecified atom stereocenters. The quantitative estimate of drug-likeness (QED) is 0.266. The average Bonchev–Trinajstić information content (AvgIpc) is 3.20. The first-order valence-electron chi connectivity index (χ1n) is 12.4. The summed E-state index contributed by atoms with van der Waals surface area (Å²) >= 11 is 6.42. The lowest BCUT2D eigenvalue weighted by molar-refractivity contribution is 0.281. The minimum absolute atomic E-state index is 0.684. The highest BCUT2D eigenvalue weighted by atomic mass is 35.5. The molecule has 5 rings (SSSR count). The van der Waals surface area contributed by atoms with E-state index in [1.165, 1.54) is 55.1 Å². The molecule has 3 aromatic carbocycles. The van der Waals surface area contributed by atoms with Crippen molar-refractivity contribution < 1.29 is 4.52 Å². The van der Waals surface area contributed by atoms with Gasteiger partial charge in [-0.25, -0.2) is 0 Å². The molecule has 0 spiro atoms. The van der Waals surface area contributed by atoms with Gasteiger partial charge >= 0.3 is 0 Å². The van der Waals surface area contributed by atoms with Gasteiger partial charge in [-0.3, -0.25) is 0 Å². The lowest BCUT2D eigenvalue weighted by Crippen LogP contribution is -2.30. The van der Waals surface area contributed by atoms with Crippen molar-refractivity contribution in [2.75, 3.05) is 31.1 Å². The van der Waals surface area contributed by atoms with Gasteiger partial charge in [-0.15, -0.1) is 0 Å². The molecule has 0 saturated carbocycles. The summed E-state index contributed by atoms with van der Waals surface area (Å²) in [4.78, 5) is 4.95. The van der Waals surface area contributed by atoms with Gasteiger partial charge in [-0.2, -0.15) is 0 Å². The molecule has 4 aromatic rings. The molecule has 34 heavy (non-hydrogen) atoms. The van der Waals surface area contributed by atoms with E-state index in [9.17, 15) is 0 Å². The molecule has 0 bridgehead atoms. The topological polar surface area (TPSA) is 32.5 Å². The molecule has 1 saturated heterocycles. The maximum atomic E-state index is 6.42. The van der Waals surface area contributed by atoms with Crippen LogP contribution in [0.5, 0.6) is 0 Å². The summed E-state index contributed by atoms with van der Waals surface area (Å²) in [5.74, 6) is 0.790. The number of hydrogen-bond donors (Lipinski definition) is 0. The van der Waals surface area contributed by atoms with Crippen LogP contribution in [-0.2, 0) is 6.54 Å².